The van der Waals surface area contributed by atoms with Crippen LogP contribution in [0, 0.1) is 11.3 Å². The maximum absolute atomic E-state index is 8.48. The molecular weight excluding hydrogens is 174 g/mol. The highest BCUT2D eigenvalue weighted by Gasteiger charge is 2.18. The Kier molecular flexibility index (Phi) is 5.58. The summed E-state index contributed by atoms with van der Waals surface area (Å²) < 4.78 is 0. The predicted molar refractivity (Wildman–Crippen MR) is 58.0 cm³/mol. The molecule has 1 N–H and O–H groups in total. The van der Waals surface area contributed by atoms with E-state index < -0.39 is 0 Å². The summed E-state index contributed by atoms with van der Waals surface area (Å²) in [6, 6.07) is 2.69. The lowest BCUT2D eigenvalue weighted by molar-refractivity contribution is 0.191. The van der Waals surface area contributed by atoms with Gasteiger partial charge in [0.15, 0.2) is 0 Å². The Labute approximate surface area is 87.1 Å². The first-order valence-electron chi connectivity index (χ1n) is 5.69. The van der Waals surface area contributed by atoms with Gasteiger partial charge in [0.05, 0.1) is 12.6 Å². The fourth-order valence-corrected chi connectivity index (χ4v) is 2.00. The van der Waals surface area contributed by atoms with E-state index in [9.17, 15) is 0 Å². The van der Waals surface area contributed by atoms with Gasteiger partial charge in [0.1, 0.15) is 0 Å². The largest absolute Gasteiger partial charge is 0.302 e. The highest BCUT2D eigenvalue weighted by Crippen LogP contribution is 2.10. The van der Waals surface area contributed by atoms with Gasteiger partial charge in [-0.1, -0.05) is 13.3 Å². The normalized spacial score (nSPS) is 23.3. The molecule has 0 spiro atoms. The van der Waals surface area contributed by atoms with Crippen molar-refractivity contribution in [2.24, 2.45) is 0 Å². The van der Waals surface area contributed by atoms with Gasteiger partial charge in [0, 0.05) is 12.6 Å². The van der Waals surface area contributed by atoms with E-state index in [2.05, 4.69) is 23.2 Å². The van der Waals surface area contributed by atoms with Crippen molar-refractivity contribution in [2.75, 3.05) is 26.2 Å². The van der Waals surface area contributed by atoms with Crippen LogP contribution in [-0.2, 0) is 0 Å². The van der Waals surface area contributed by atoms with E-state index in [1.807, 2.05) is 0 Å². The fourth-order valence-electron chi connectivity index (χ4n) is 2.00. The number of nitrogens with one attached hydrogen (secondary N) is 1. The molecule has 1 unspecified atom stereocenters. The van der Waals surface area contributed by atoms with E-state index in [1.165, 1.54) is 38.8 Å². The summed E-state index contributed by atoms with van der Waals surface area (Å²) in [5.41, 5.74) is 0. The number of rotatable bonds is 5. The maximum atomic E-state index is 8.48. The lowest BCUT2D eigenvalue weighted by atomic mass is 10.1. The van der Waals surface area contributed by atoms with Crippen LogP contribution in [-0.4, -0.2) is 37.1 Å². The highest BCUT2D eigenvalue weighted by atomic mass is 15.2. The first-order chi connectivity index (χ1) is 6.86. The molecule has 1 rings (SSSR count). The zero-order valence-electron chi connectivity index (χ0n) is 9.13. The molecular formula is C11H21N3. The van der Waals surface area contributed by atoms with Crippen LogP contribution < -0.4 is 5.32 Å². The Morgan fingerprint density at radius 2 is 2.43 bits per heavy atom. The summed E-state index contributed by atoms with van der Waals surface area (Å²) in [6.07, 6.45) is 5.06. The maximum Gasteiger partial charge on any atom is 0.0843 e. The van der Waals surface area contributed by atoms with Crippen molar-refractivity contribution in [3.8, 4) is 6.07 Å². The molecule has 1 saturated heterocycles. The van der Waals surface area contributed by atoms with Crippen molar-refractivity contribution in [1.29, 1.82) is 5.26 Å². The molecule has 3 heteroatoms. The van der Waals surface area contributed by atoms with Crippen molar-refractivity contribution in [3.63, 3.8) is 0 Å². The molecule has 1 heterocycles. The minimum atomic E-state index is 0.492. The molecule has 1 atom stereocenters. The molecule has 80 valence electrons. The molecule has 14 heavy (non-hydrogen) atoms. The van der Waals surface area contributed by atoms with Crippen LogP contribution in [0.25, 0.3) is 0 Å². The van der Waals surface area contributed by atoms with Crippen molar-refractivity contribution < 1.29 is 0 Å². The number of hydrogen-bond donors (Lipinski definition) is 1. The van der Waals surface area contributed by atoms with E-state index in [1.54, 1.807) is 0 Å². The van der Waals surface area contributed by atoms with E-state index in [0.717, 1.165) is 6.54 Å². The molecule has 0 aromatic heterocycles. The first kappa shape index (κ1) is 11.5. The summed E-state index contributed by atoms with van der Waals surface area (Å²) in [5, 5.41) is 11.8. The molecule has 1 aliphatic rings. The zero-order valence-corrected chi connectivity index (χ0v) is 9.13. The second-order valence-corrected chi connectivity index (χ2v) is 4.03. The van der Waals surface area contributed by atoms with Crippen LogP contribution in [0.1, 0.15) is 32.6 Å². The second-order valence-electron chi connectivity index (χ2n) is 4.03. The predicted octanol–water partition coefficient (Wildman–Crippen LogP) is 1.36. The van der Waals surface area contributed by atoms with Crippen molar-refractivity contribution in [3.05, 3.63) is 0 Å². The third kappa shape index (κ3) is 4.08. The second kappa shape index (κ2) is 6.80. The number of unbranched alkanes of at least 4 members (excludes halogenated alkanes) is 1. The SMILES string of the molecule is CCCCN1CCCC(NCC#N)C1. The minimum Gasteiger partial charge on any atom is -0.302 e. The highest BCUT2D eigenvalue weighted by molar-refractivity contribution is 4.82. The Bertz CT molecular complexity index is 185. The molecule has 1 aliphatic heterocycles. The Morgan fingerprint density at radius 1 is 1.57 bits per heavy atom. The summed E-state index contributed by atoms with van der Waals surface area (Å²) in [5.74, 6) is 0. The quantitative estimate of drug-likeness (QED) is 0.673. The lowest BCUT2D eigenvalue weighted by Gasteiger charge is -2.32. The van der Waals surface area contributed by atoms with Crippen LogP contribution in [0.15, 0.2) is 0 Å². The van der Waals surface area contributed by atoms with Gasteiger partial charge < -0.3 is 10.2 Å². The average Bonchev–Trinajstić information content (AvgIpc) is 2.24. The van der Waals surface area contributed by atoms with Gasteiger partial charge in [0.25, 0.3) is 0 Å². The van der Waals surface area contributed by atoms with Crippen LogP contribution >= 0.6 is 0 Å². The van der Waals surface area contributed by atoms with Crippen LogP contribution in [0.5, 0.6) is 0 Å². The van der Waals surface area contributed by atoms with Gasteiger partial charge in [0.2, 0.25) is 0 Å². The fraction of sp³-hybridized carbons (Fsp3) is 0.909. The minimum absolute atomic E-state index is 0.492. The molecule has 1 fully saturated rings. The molecule has 0 radical (unpaired) electrons. The molecule has 0 amide bonds. The topological polar surface area (TPSA) is 39.1 Å². The van der Waals surface area contributed by atoms with E-state index >= 15 is 0 Å². The molecule has 0 saturated carbocycles. The molecule has 3 nitrogen and oxygen atoms in total. The number of nitrogens with zero attached hydrogens (tertiary/aromatic N) is 2. The summed E-state index contributed by atoms with van der Waals surface area (Å²) in [7, 11) is 0. The molecule has 0 aromatic rings. The third-order valence-electron chi connectivity index (χ3n) is 2.80. The summed E-state index contributed by atoms with van der Waals surface area (Å²) in [4.78, 5) is 2.52. The first-order valence-corrected chi connectivity index (χ1v) is 5.69. The van der Waals surface area contributed by atoms with Gasteiger partial charge in [-0.05, 0) is 32.4 Å². The number of piperidine rings is 1. The van der Waals surface area contributed by atoms with Gasteiger partial charge in [-0.25, -0.2) is 0 Å². The standard InChI is InChI=1S/C11H21N3/c1-2-3-8-14-9-4-5-11(10-14)13-7-6-12/h11,13H,2-5,7-10H2,1H3. The van der Waals surface area contributed by atoms with Crippen LogP contribution in [0.2, 0.25) is 0 Å². The van der Waals surface area contributed by atoms with E-state index in [4.69, 9.17) is 5.26 Å². The molecule has 0 aliphatic carbocycles. The summed E-state index contributed by atoms with van der Waals surface area (Å²) >= 11 is 0. The van der Waals surface area contributed by atoms with Crippen LogP contribution in [0.4, 0.5) is 0 Å². The van der Waals surface area contributed by atoms with E-state index in [0.29, 0.717) is 12.6 Å². The van der Waals surface area contributed by atoms with E-state index in [-0.39, 0.29) is 0 Å². The van der Waals surface area contributed by atoms with Crippen LogP contribution in [0.3, 0.4) is 0 Å². The van der Waals surface area contributed by atoms with Crippen molar-refractivity contribution >= 4 is 0 Å². The lowest BCUT2D eigenvalue weighted by Crippen LogP contribution is -2.45. The van der Waals surface area contributed by atoms with Gasteiger partial charge in [-0.15, -0.1) is 0 Å². The Morgan fingerprint density at radius 3 is 3.14 bits per heavy atom. The number of likely N-dealkylation sites (tertiary alicyclic amines) is 1. The van der Waals surface area contributed by atoms with Gasteiger partial charge in [-0.2, -0.15) is 5.26 Å². The third-order valence-corrected chi connectivity index (χ3v) is 2.80. The molecule has 0 bridgehead atoms. The average molecular weight is 195 g/mol. The zero-order chi connectivity index (χ0) is 10.2. The van der Waals surface area contributed by atoms with Gasteiger partial charge in [-0.3, -0.25) is 0 Å². The summed E-state index contributed by atoms with van der Waals surface area (Å²) in [6.45, 7) is 6.31. The van der Waals surface area contributed by atoms with Crippen molar-refractivity contribution in [2.45, 2.75) is 38.6 Å². The van der Waals surface area contributed by atoms with Crippen molar-refractivity contribution in [1.82, 2.24) is 10.2 Å². The monoisotopic (exact) mass is 195 g/mol. The molecule has 0 aromatic carbocycles. The number of hydrogen-bond acceptors (Lipinski definition) is 3. The number of nitriles is 1. The van der Waals surface area contributed by atoms with Gasteiger partial charge >= 0.3 is 0 Å². The Balaban J connectivity index is 2.18. The Hall–Kier alpha value is -0.590. The smallest absolute Gasteiger partial charge is 0.0843 e.